The maximum absolute atomic E-state index is 6.43. The third-order valence-corrected chi connectivity index (χ3v) is 30.5. The minimum atomic E-state index is 0.619. The van der Waals surface area contributed by atoms with Crippen molar-refractivity contribution in [2.45, 2.75) is 0 Å². The monoisotopic (exact) mass is 1870 g/mol. The molecule has 0 N–H and O–H groups in total. The first-order chi connectivity index (χ1) is 72.9. The Morgan fingerprint density at radius 2 is 0.517 bits per heavy atom. The van der Waals surface area contributed by atoms with E-state index in [9.17, 15) is 0 Å². The third-order valence-electron chi connectivity index (χ3n) is 30.5. The first-order valence-electron chi connectivity index (χ1n) is 49.9. The summed E-state index contributed by atoms with van der Waals surface area (Å²) in [6.45, 7) is 0. The third kappa shape index (κ3) is 12.5. The highest BCUT2D eigenvalue weighted by Gasteiger charge is 2.29. The molecule has 147 heavy (non-hydrogen) atoms. The normalized spacial score (nSPS) is 12.1. The van der Waals surface area contributed by atoms with E-state index >= 15 is 0 Å². The van der Waals surface area contributed by atoms with Crippen LogP contribution in [-0.2, 0) is 0 Å². The van der Waals surface area contributed by atoms with Crippen LogP contribution in [0.15, 0.2) is 488 Å². The van der Waals surface area contributed by atoms with E-state index in [1.165, 1.54) is 162 Å². The van der Waals surface area contributed by atoms with Crippen LogP contribution < -0.4 is 0 Å². The van der Waals surface area contributed by atoms with Crippen molar-refractivity contribution in [1.29, 1.82) is 0 Å². The van der Waals surface area contributed by atoms with E-state index in [-0.39, 0.29) is 0 Å². The SMILES string of the molecule is c1ccc(-c2nc(-c3cccc(-n4c5ccccc5c5cc6c(cc54)c4ccccc4c4c5ccccc5ccc64)c3)nc3c2oc2ccccc23)cc1.c1ccc(-c2nc(-n3c4ccccc4c4cc5c6ccccc6c6c7ccccc7ccc6c5cc43)nc3c2oc2ccccc23)cc1.c1ccc(-c2nc(-n3c4ccccc4c4ccc5c6c7ccccc7ccc6c6ccccc6c5c43)nc3ccccc23)cc1. The largest absolute Gasteiger partial charge is 0.452 e. The molecule has 0 bridgehead atoms. The Labute approximate surface area is 838 Å². The van der Waals surface area contributed by atoms with Crippen molar-refractivity contribution in [3.63, 3.8) is 0 Å². The summed E-state index contributed by atoms with van der Waals surface area (Å²) < 4.78 is 19.8. The Hall–Kier alpha value is -19.9. The summed E-state index contributed by atoms with van der Waals surface area (Å²) in [6.07, 6.45) is 0. The van der Waals surface area contributed by atoms with Crippen LogP contribution in [0.5, 0.6) is 0 Å². The van der Waals surface area contributed by atoms with Crippen molar-refractivity contribution in [3.8, 4) is 62.7 Å². The lowest BCUT2D eigenvalue weighted by atomic mass is 9.90. The topological polar surface area (TPSA) is 118 Å². The number of furan rings is 2. The Kier molecular flexibility index (Phi) is 18.0. The summed E-state index contributed by atoms with van der Waals surface area (Å²) in [5.41, 5.74) is 19.8. The number of fused-ring (bicyclic) bond motifs is 41. The van der Waals surface area contributed by atoms with Gasteiger partial charge in [0.2, 0.25) is 11.9 Å². The molecule has 0 spiro atoms. The van der Waals surface area contributed by atoms with Gasteiger partial charge in [0.05, 0.1) is 44.3 Å². The fourth-order valence-corrected chi connectivity index (χ4v) is 24.1. The summed E-state index contributed by atoms with van der Waals surface area (Å²) in [5, 5.41) is 40.3. The van der Waals surface area contributed by atoms with Gasteiger partial charge in [-0.05, 0) is 209 Å². The zero-order chi connectivity index (χ0) is 96.2. The van der Waals surface area contributed by atoms with Crippen LogP contribution in [0.4, 0.5) is 0 Å². The van der Waals surface area contributed by atoms with Crippen molar-refractivity contribution in [1.82, 2.24) is 43.6 Å². The van der Waals surface area contributed by atoms with Crippen LogP contribution in [0.1, 0.15) is 0 Å². The molecule has 0 atom stereocenters. The fraction of sp³-hybridized carbons (Fsp3) is 0. The molecule has 0 saturated carbocycles. The molecule has 0 amide bonds. The molecule has 8 heterocycles. The maximum Gasteiger partial charge on any atom is 0.236 e. The number of aromatic nitrogens is 9. The molecule has 0 radical (unpaired) electrons. The molecular formula is C136H79N9O2. The predicted octanol–water partition coefficient (Wildman–Crippen LogP) is 36.2. The van der Waals surface area contributed by atoms with Crippen LogP contribution in [0.25, 0.3) is 312 Å². The molecule has 33 aromatic rings. The van der Waals surface area contributed by atoms with E-state index in [0.717, 1.165) is 122 Å². The van der Waals surface area contributed by atoms with E-state index in [1.807, 2.05) is 78.9 Å². The van der Waals surface area contributed by atoms with Crippen molar-refractivity contribution in [2.75, 3.05) is 0 Å². The molecule has 11 heteroatoms. The summed E-state index contributed by atoms with van der Waals surface area (Å²) in [5.74, 6) is 1.95. The maximum atomic E-state index is 6.43. The number of benzene rings is 25. The van der Waals surface area contributed by atoms with Gasteiger partial charge in [0.15, 0.2) is 17.0 Å². The minimum absolute atomic E-state index is 0.619. The van der Waals surface area contributed by atoms with Gasteiger partial charge in [-0.3, -0.25) is 9.13 Å². The molecule has 0 aliphatic rings. The van der Waals surface area contributed by atoms with Crippen LogP contribution in [0.3, 0.4) is 0 Å². The van der Waals surface area contributed by atoms with Crippen LogP contribution in [0.2, 0.25) is 0 Å². The van der Waals surface area contributed by atoms with Crippen LogP contribution in [-0.4, -0.2) is 43.6 Å². The van der Waals surface area contributed by atoms with E-state index in [4.69, 9.17) is 38.7 Å². The minimum Gasteiger partial charge on any atom is -0.452 e. The number of nitrogens with zero attached hydrogens (tertiary/aromatic N) is 9. The molecule has 0 aliphatic carbocycles. The molecule has 25 aromatic carbocycles. The highest BCUT2D eigenvalue weighted by molar-refractivity contribution is 6.39. The highest BCUT2D eigenvalue weighted by Crippen LogP contribution is 2.51. The first-order valence-corrected chi connectivity index (χ1v) is 49.9. The van der Waals surface area contributed by atoms with Gasteiger partial charge >= 0.3 is 0 Å². The molecule has 0 saturated heterocycles. The molecular weight excluding hydrogens is 1790 g/mol. The Morgan fingerprint density at radius 1 is 0.170 bits per heavy atom. The van der Waals surface area contributed by atoms with Gasteiger partial charge in [0.25, 0.3) is 0 Å². The molecule has 0 aliphatic heterocycles. The number of hydrogen-bond acceptors (Lipinski definition) is 8. The van der Waals surface area contributed by atoms with Gasteiger partial charge in [-0.1, -0.05) is 394 Å². The van der Waals surface area contributed by atoms with E-state index < -0.39 is 0 Å². The standard InChI is InChI=1S/C50H29N3O.C44H25N3O.C42H25N3/c1-2-14-31(15-3-1)47-49-48(39-22-9-11-24-45(39)54-49)52-50(51-47)32-16-12-17-33(27-32)53-43-23-10-8-20-36(43)42-28-40-38-26-25-30-13-4-5-18-34(30)46(38)37-21-7-6-19-35(37)41(40)29-44(42)53;1-2-13-27(14-3-1)41-43-42(33-19-9-11-21-39(33)48-43)46-44(45-41)47-37-20-10-8-17-30(37)36-24-34-29-16-6-7-18-31(29)40-28-15-5-4-12-26(28)22-23-32(40)35(34)25-38(36)47;1-2-13-27(14-3-1)40-34-19-8-10-20-36(34)43-42(44-40)45-37-21-11-9-17-30(37)33-24-25-35-38-28-15-5-4-12-26(28)22-23-32(38)29-16-6-7-18-31(29)39(35)41(33)45/h1-29H;1-25H;1-25H. The average Bonchev–Trinajstić information content (AvgIpc) is 1.31. The van der Waals surface area contributed by atoms with Gasteiger partial charge in [-0.25, -0.2) is 29.9 Å². The van der Waals surface area contributed by atoms with Gasteiger partial charge in [-0.15, -0.1) is 0 Å². The molecule has 33 rings (SSSR count). The lowest BCUT2D eigenvalue weighted by molar-refractivity contribution is 0.666. The second-order valence-corrected chi connectivity index (χ2v) is 38.4. The highest BCUT2D eigenvalue weighted by atomic mass is 16.3. The Morgan fingerprint density at radius 3 is 1.07 bits per heavy atom. The lowest BCUT2D eigenvalue weighted by Crippen LogP contribution is -2.04. The van der Waals surface area contributed by atoms with Crippen LogP contribution in [0, 0.1) is 0 Å². The second kappa shape index (κ2) is 32.3. The number of para-hydroxylation sites is 6. The van der Waals surface area contributed by atoms with Crippen molar-refractivity contribution in [2.24, 2.45) is 0 Å². The van der Waals surface area contributed by atoms with Gasteiger partial charge in [0, 0.05) is 81.8 Å². The van der Waals surface area contributed by atoms with Crippen molar-refractivity contribution in [3.05, 3.63) is 479 Å². The molecule has 0 unspecified atom stereocenters. The van der Waals surface area contributed by atoms with E-state index in [1.54, 1.807) is 0 Å². The number of rotatable bonds is 7. The average molecular weight is 1870 g/mol. The van der Waals surface area contributed by atoms with Gasteiger partial charge < -0.3 is 13.4 Å². The molecule has 0 fully saturated rings. The van der Waals surface area contributed by atoms with Crippen molar-refractivity contribution >= 4 is 250 Å². The first kappa shape index (κ1) is 81.9. The van der Waals surface area contributed by atoms with E-state index in [0.29, 0.717) is 28.9 Å². The summed E-state index contributed by atoms with van der Waals surface area (Å²) >= 11 is 0. The smallest absolute Gasteiger partial charge is 0.236 e. The Bertz CT molecular complexity index is 11500. The summed E-state index contributed by atoms with van der Waals surface area (Å²) in [4.78, 5) is 31.6. The van der Waals surface area contributed by atoms with Gasteiger partial charge in [-0.2, -0.15) is 0 Å². The Balaban J connectivity index is 0.000000100. The summed E-state index contributed by atoms with van der Waals surface area (Å²) in [7, 11) is 0. The molecule has 11 nitrogen and oxygen atoms in total. The van der Waals surface area contributed by atoms with Gasteiger partial charge in [0.1, 0.15) is 33.6 Å². The quantitative estimate of drug-likeness (QED) is 0.145. The predicted molar refractivity (Wildman–Crippen MR) is 613 cm³/mol. The zero-order valence-electron chi connectivity index (χ0n) is 79.0. The second-order valence-electron chi connectivity index (χ2n) is 38.4. The summed E-state index contributed by atoms with van der Waals surface area (Å²) in [6, 6.07) is 171. The van der Waals surface area contributed by atoms with Crippen LogP contribution >= 0.6 is 0 Å². The molecule has 8 aromatic heterocycles. The van der Waals surface area contributed by atoms with Crippen molar-refractivity contribution < 1.29 is 8.83 Å². The lowest BCUT2D eigenvalue weighted by Gasteiger charge is -2.16. The number of hydrogen-bond donors (Lipinski definition) is 0. The fourth-order valence-electron chi connectivity index (χ4n) is 24.1. The molecule has 680 valence electrons. The van der Waals surface area contributed by atoms with E-state index in [2.05, 4.69) is 414 Å². The zero-order valence-corrected chi connectivity index (χ0v) is 79.0.